The zero-order chi connectivity index (χ0) is 58.7. The molecule has 79 heavy (non-hydrogen) atoms. The number of fused-ring (bicyclic) bond motifs is 6. The number of carboxylic acids is 1. The third-order valence-corrected chi connectivity index (χ3v) is 18.9. The largest absolute Gasteiger partial charge is 0.744 e. The summed E-state index contributed by atoms with van der Waals surface area (Å²) in [5.74, 6) is -2.64. The van der Waals surface area contributed by atoms with Crippen molar-refractivity contribution in [2.24, 2.45) is 0 Å². The first-order chi connectivity index (χ1) is 36.5. The normalized spacial score (nSPS) is 18.9. The fourth-order valence-corrected chi connectivity index (χ4v) is 14.1. The predicted molar refractivity (Wildman–Crippen MR) is 285 cm³/mol. The maximum Gasteiger partial charge on any atom is 0.303 e. The number of benzene rings is 4. The Morgan fingerprint density at radius 1 is 0.633 bits per heavy atom. The molecular weight excluding hydrogens is 1160 g/mol. The smallest absolute Gasteiger partial charge is 0.303 e. The van der Waals surface area contributed by atoms with Crippen LogP contribution in [0.3, 0.4) is 0 Å². The van der Waals surface area contributed by atoms with Crippen molar-refractivity contribution < 1.29 is 107 Å². The van der Waals surface area contributed by atoms with Gasteiger partial charge in [-0.3, -0.25) is 27.6 Å². The topological polar surface area (TPSA) is 400 Å². The molecule has 6 N–H and O–H groups in total. The van der Waals surface area contributed by atoms with Crippen LogP contribution in [0.4, 0.5) is 11.4 Å². The maximum absolute atomic E-state index is 12.9. The van der Waals surface area contributed by atoms with Gasteiger partial charge in [0.2, 0.25) is 5.69 Å². The first-order valence-electron chi connectivity index (χ1n) is 24.2. The Balaban J connectivity index is 1.66. The lowest BCUT2D eigenvalue weighted by molar-refractivity contribution is -0.437. The van der Waals surface area contributed by atoms with Gasteiger partial charge in [0.05, 0.1) is 58.0 Å². The average Bonchev–Trinajstić information content (AvgIpc) is 3.99. The van der Waals surface area contributed by atoms with Crippen molar-refractivity contribution in [1.29, 1.82) is 0 Å². The molecule has 0 aromatic heterocycles. The summed E-state index contributed by atoms with van der Waals surface area (Å²) in [5, 5.41) is 8.70. The van der Waals surface area contributed by atoms with Crippen LogP contribution in [0.25, 0.3) is 21.5 Å². The number of carbonyl (C=O) groups is 1. The molecule has 0 fully saturated rings. The van der Waals surface area contributed by atoms with Gasteiger partial charge in [-0.15, -0.1) is 0 Å². The molecule has 436 valence electrons. The van der Waals surface area contributed by atoms with E-state index in [9.17, 15) is 87.7 Å². The average molecular weight is 1230 g/mol. The summed E-state index contributed by atoms with van der Waals surface area (Å²) in [7, 11) is -28.8. The van der Waals surface area contributed by atoms with Crippen LogP contribution in [0.5, 0.6) is 0 Å². The summed E-state index contributed by atoms with van der Waals surface area (Å²) < 4.78 is 232. The minimum atomic E-state index is -5.43. The van der Waals surface area contributed by atoms with Gasteiger partial charge >= 0.3 is 5.97 Å². The third-order valence-electron chi connectivity index (χ3n) is 13.8. The molecule has 0 spiro atoms. The zero-order valence-electron chi connectivity index (χ0n) is 42.8. The Morgan fingerprint density at radius 2 is 1.19 bits per heavy atom. The molecule has 4 aromatic carbocycles. The highest BCUT2D eigenvalue weighted by Gasteiger charge is 2.50. The number of methoxy groups -OCH3 is 1. The van der Waals surface area contributed by atoms with Crippen LogP contribution in [0.1, 0.15) is 76.3 Å². The van der Waals surface area contributed by atoms with E-state index in [4.69, 9.17) is 14.2 Å². The number of unbranched alkanes of at least 4 members (excludes halogenated alkanes) is 2. The molecule has 2 aliphatic heterocycles. The molecule has 2 atom stereocenters. The van der Waals surface area contributed by atoms with E-state index in [-0.39, 0.29) is 122 Å². The van der Waals surface area contributed by atoms with Crippen molar-refractivity contribution in [3.05, 3.63) is 83.6 Å². The van der Waals surface area contributed by atoms with Gasteiger partial charge in [0.1, 0.15) is 21.6 Å². The quantitative estimate of drug-likeness (QED) is 0.0240. The minimum Gasteiger partial charge on any atom is -0.744 e. The van der Waals surface area contributed by atoms with Crippen molar-refractivity contribution in [2.75, 3.05) is 69.6 Å². The fourth-order valence-electron chi connectivity index (χ4n) is 10.4. The Labute approximate surface area is 458 Å². The van der Waals surface area contributed by atoms with E-state index in [1.807, 2.05) is 4.90 Å². The number of allylic oxidation sites excluding steroid dienone is 4. The van der Waals surface area contributed by atoms with Crippen LogP contribution in [0, 0.1) is 0 Å². The molecule has 2 unspecified atom stereocenters. The highest BCUT2D eigenvalue weighted by Crippen LogP contribution is 2.54. The molecule has 4 aromatic rings. The standard InChI is InChI=1S/C48H60N2O23S6/c1-47(17-8-26-74(53,54)55)42(50(20-9-27-75(56,57)58)38-15-13-34-36(45(38)47)28-32(76(59,60)61)30-40(34)78(65,66)67)10-7-11-43-48(2,18-21-72-24-25-73-23-22-71-3)46-37-29-33(77(62,63)64)31-41(79(68,69)70)35(37)14-16-39(46)49(43)19-6-4-5-12-44(51)52/h7,10-11,13-16,28-31H,4-6,8-9,12,17-27H2,1-3H3,(H6-,51,52,53,54,55,56,57,58,59,60,61,62,63,64,65,66,67,68,69,70). The second kappa shape index (κ2) is 24.3. The van der Waals surface area contributed by atoms with Gasteiger partial charge in [0, 0.05) is 73.0 Å². The van der Waals surface area contributed by atoms with Gasteiger partial charge in [-0.1, -0.05) is 18.6 Å². The van der Waals surface area contributed by atoms with Crippen LogP contribution >= 0.6 is 0 Å². The lowest BCUT2D eigenvalue weighted by atomic mass is 9.74. The van der Waals surface area contributed by atoms with Crippen molar-refractivity contribution in [3.63, 3.8) is 0 Å². The molecule has 0 saturated carbocycles. The summed E-state index contributed by atoms with van der Waals surface area (Å²) >= 11 is 0. The molecule has 0 radical (unpaired) electrons. The highest BCUT2D eigenvalue weighted by molar-refractivity contribution is 7.87. The van der Waals surface area contributed by atoms with Crippen molar-refractivity contribution in [3.8, 4) is 0 Å². The van der Waals surface area contributed by atoms with E-state index < -0.39 is 109 Å². The highest BCUT2D eigenvalue weighted by atomic mass is 32.2. The molecular formula is C48H60N2O23S6. The molecule has 0 saturated heterocycles. The first-order valence-corrected chi connectivity index (χ1v) is 33.2. The number of anilines is 1. The summed E-state index contributed by atoms with van der Waals surface area (Å²) in [6.07, 6.45) is 4.71. The summed E-state index contributed by atoms with van der Waals surface area (Å²) in [6.45, 7) is 3.94. The van der Waals surface area contributed by atoms with E-state index in [1.165, 1.54) is 43.5 Å². The van der Waals surface area contributed by atoms with Gasteiger partial charge in [-0.05, 0) is 110 Å². The van der Waals surface area contributed by atoms with E-state index in [1.54, 1.807) is 24.5 Å². The zero-order valence-corrected chi connectivity index (χ0v) is 47.7. The SMILES string of the molecule is COCCOCCOCCC1(C)/C(=C\C=C\C2=[N+](CCCS(=O)(=O)O)c3ccc4c(S(=O)(=O)O)cc(S(=O)(=O)O)cc4c3C2(C)CCCS(=O)(=O)O)N(CCCCCC(=O)O)c2ccc3c(S(=O)(=O)[O-])cc(S(=O)(=O)O)cc3c21. The number of rotatable bonds is 29. The Morgan fingerprint density at radius 3 is 1.76 bits per heavy atom. The Kier molecular flexibility index (Phi) is 19.5. The van der Waals surface area contributed by atoms with Gasteiger partial charge < -0.3 is 28.8 Å². The van der Waals surface area contributed by atoms with Crippen LogP contribution in [0.15, 0.2) is 92.0 Å². The molecule has 0 bridgehead atoms. The van der Waals surface area contributed by atoms with Crippen LogP contribution < -0.4 is 4.90 Å². The van der Waals surface area contributed by atoms with E-state index >= 15 is 0 Å². The van der Waals surface area contributed by atoms with Gasteiger partial charge in [-0.2, -0.15) is 46.7 Å². The third kappa shape index (κ3) is 15.0. The lowest BCUT2D eigenvalue weighted by Crippen LogP contribution is -2.33. The van der Waals surface area contributed by atoms with Crippen molar-refractivity contribution in [1.82, 2.24) is 0 Å². The second-order valence-corrected chi connectivity index (χ2v) is 28.0. The summed E-state index contributed by atoms with van der Waals surface area (Å²) in [4.78, 5) is 9.52. The summed E-state index contributed by atoms with van der Waals surface area (Å²) in [6, 6.07) is 8.48. The molecule has 0 amide bonds. The summed E-state index contributed by atoms with van der Waals surface area (Å²) in [5.41, 5.74) is -1.38. The lowest BCUT2D eigenvalue weighted by Gasteiger charge is -2.31. The van der Waals surface area contributed by atoms with E-state index in [2.05, 4.69) is 0 Å². The molecule has 25 nitrogen and oxygen atoms in total. The molecule has 2 heterocycles. The number of ether oxygens (including phenoxy) is 3. The molecule has 0 aliphatic carbocycles. The Hall–Kier alpha value is -4.84. The number of nitrogens with zero attached hydrogens (tertiary/aromatic N) is 2. The first kappa shape index (κ1) is 63.3. The number of hydrogen-bond donors (Lipinski definition) is 6. The van der Waals surface area contributed by atoms with Gasteiger partial charge in [0.25, 0.3) is 50.6 Å². The maximum atomic E-state index is 12.9. The minimum absolute atomic E-state index is 0.0389. The van der Waals surface area contributed by atoms with E-state index in [0.717, 1.165) is 12.1 Å². The molecule has 6 rings (SSSR count). The fraction of sp³-hybridized carbons (Fsp3) is 0.458. The van der Waals surface area contributed by atoms with Crippen molar-refractivity contribution in [2.45, 2.75) is 95.6 Å². The monoisotopic (exact) mass is 1220 g/mol. The predicted octanol–water partition coefficient (Wildman–Crippen LogP) is 4.87. The van der Waals surface area contributed by atoms with Crippen LogP contribution in [0.2, 0.25) is 0 Å². The van der Waals surface area contributed by atoms with Crippen LogP contribution in [-0.4, -0.2) is 164 Å². The van der Waals surface area contributed by atoms with Gasteiger partial charge in [0.15, 0.2) is 5.71 Å². The van der Waals surface area contributed by atoms with E-state index in [0.29, 0.717) is 43.0 Å². The molecule has 2 aliphatic rings. The van der Waals surface area contributed by atoms with Crippen molar-refractivity contribution >= 4 is 105 Å². The molecule has 31 heteroatoms. The number of hydrogen-bond acceptors (Lipinski definition) is 18. The second-order valence-electron chi connectivity index (χ2n) is 19.3. The number of aliphatic carboxylic acids is 1. The van der Waals surface area contributed by atoms with Gasteiger partial charge in [-0.25, -0.2) is 8.42 Å². The van der Waals surface area contributed by atoms with Crippen LogP contribution in [-0.2, 0) is 90.5 Å². The number of carboxylic acid groups (broad SMARTS) is 1. The Bertz CT molecular complexity index is 3840.